The van der Waals surface area contributed by atoms with Crippen molar-refractivity contribution in [2.24, 2.45) is 5.73 Å². The first-order valence-corrected chi connectivity index (χ1v) is 7.85. The van der Waals surface area contributed by atoms with E-state index in [2.05, 4.69) is 0 Å². The summed E-state index contributed by atoms with van der Waals surface area (Å²) >= 11 is 0. The van der Waals surface area contributed by atoms with Gasteiger partial charge in [-0.05, 0) is 55.7 Å². The molecule has 0 bridgehead atoms. The van der Waals surface area contributed by atoms with Crippen molar-refractivity contribution in [3.05, 3.63) is 52.8 Å². The topological polar surface area (TPSA) is 72.5 Å². The second kappa shape index (κ2) is 7.45. The minimum atomic E-state index is -0.811. The van der Waals surface area contributed by atoms with E-state index in [1.807, 2.05) is 13.0 Å². The van der Waals surface area contributed by atoms with Crippen LogP contribution in [-0.2, 0) is 9.53 Å². The number of nitrogens with two attached hydrogens (primary N) is 1. The summed E-state index contributed by atoms with van der Waals surface area (Å²) in [7, 11) is 0. The Morgan fingerprint density at radius 2 is 2.00 bits per heavy atom. The molecule has 0 unspecified atom stereocenters. The maximum atomic E-state index is 14.5. The number of aromatic hydroxyl groups is 1. The first-order chi connectivity index (χ1) is 11.3. The zero-order valence-electron chi connectivity index (χ0n) is 14.1. The molecule has 3 N–H and O–H groups in total. The van der Waals surface area contributed by atoms with Gasteiger partial charge in [0.1, 0.15) is 11.6 Å². The van der Waals surface area contributed by atoms with Crippen molar-refractivity contribution < 1.29 is 19.0 Å². The van der Waals surface area contributed by atoms with Crippen LogP contribution in [0, 0.1) is 19.7 Å². The highest BCUT2D eigenvalue weighted by molar-refractivity contribution is 5.75. The summed E-state index contributed by atoms with van der Waals surface area (Å²) in [5.41, 5.74) is 8.82. The Labute approximate surface area is 141 Å². The Balaban J connectivity index is 2.47. The van der Waals surface area contributed by atoms with Crippen LogP contribution in [-0.4, -0.2) is 17.7 Å². The highest BCUT2D eigenvalue weighted by Gasteiger charge is 2.20. The Morgan fingerprint density at radius 1 is 1.29 bits per heavy atom. The molecule has 0 aliphatic heterocycles. The van der Waals surface area contributed by atoms with Gasteiger partial charge in [0.2, 0.25) is 0 Å². The summed E-state index contributed by atoms with van der Waals surface area (Å²) in [6, 6.07) is 7.64. The number of phenols is 1. The van der Waals surface area contributed by atoms with E-state index in [-0.39, 0.29) is 24.3 Å². The van der Waals surface area contributed by atoms with E-state index < -0.39 is 17.8 Å². The minimum Gasteiger partial charge on any atom is -0.507 e. The van der Waals surface area contributed by atoms with E-state index in [9.17, 15) is 14.3 Å². The van der Waals surface area contributed by atoms with Gasteiger partial charge in [0, 0.05) is 17.2 Å². The van der Waals surface area contributed by atoms with Gasteiger partial charge in [0.15, 0.2) is 0 Å². The summed E-state index contributed by atoms with van der Waals surface area (Å²) < 4.78 is 19.4. The Morgan fingerprint density at radius 3 is 2.62 bits per heavy atom. The fourth-order valence-corrected chi connectivity index (χ4v) is 2.75. The first-order valence-electron chi connectivity index (χ1n) is 7.85. The van der Waals surface area contributed by atoms with Crippen molar-refractivity contribution in [3.63, 3.8) is 0 Å². The van der Waals surface area contributed by atoms with Crippen LogP contribution in [0.1, 0.15) is 36.1 Å². The Kier molecular flexibility index (Phi) is 5.57. The molecule has 24 heavy (non-hydrogen) atoms. The van der Waals surface area contributed by atoms with E-state index in [0.29, 0.717) is 16.7 Å². The lowest BCUT2D eigenvalue weighted by Gasteiger charge is -2.17. The second-order valence-electron chi connectivity index (χ2n) is 5.78. The third-order valence-electron chi connectivity index (χ3n) is 3.91. The summed E-state index contributed by atoms with van der Waals surface area (Å²) in [5.74, 6) is -0.791. The smallest absolute Gasteiger partial charge is 0.307 e. The highest BCUT2D eigenvalue weighted by atomic mass is 19.1. The average molecular weight is 331 g/mol. The molecule has 0 radical (unpaired) electrons. The summed E-state index contributed by atoms with van der Waals surface area (Å²) in [4.78, 5) is 11.6. The predicted molar refractivity (Wildman–Crippen MR) is 91.2 cm³/mol. The quantitative estimate of drug-likeness (QED) is 0.818. The van der Waals surface area contributed by atoms with E-state index in [0.717, 1.165) is 5.56 Å². The number of ether oxygens (including phenoxy) is 1. The largest absolute Gasteiger partial charge is 0.507 e. The fourth-order valence-electron chi connectivity index (χ4n) is 2.75. The van der Waals surface area contributed by atoms with Gasteiger partial charge in [-0.15, -0.1) is 0 Å². The lowest BCUT2D eigenvalue weighted by Crippen LogP contribution is -2.19. The van der Waals surface area contributed by atoms with Crippen LogP contribution in [0.5, 0.6) is 5.75 Å². The minimum absolute atomic E-state index is 0.104. The standard InChI is InChI=1S/C19H22FNO3/c1-4-24-17(23)10-15(21)14-9-13(8-12(3)19(14)20)18-11(2)6-5-7-16(18)22/h5-9,15,22H,4,10,21H2,1-3H3/t15-/m0/s1. The highest BCUT2D eigenvalue weighted by Crippen LogP contribution is 2.35. The fraction of sp³-hybridized carbons (Fsp3) is 0.316. The lowest BCUT2D eigenvalue weighted by molar-refractivity contribution is -0.143. The van der Waals surface area contributed by atoms with E-state index in [1.165, 1.54) is 0 Å². The molecular weight excluding hydrogens is 309 g/mol. The second-order valence-corrected chi connectivity index (χ2v) is 5.78. The third-order valence-corrected chi connectivity index (χ3v) is 3.91. The number of aryl methyl sites for hydroxylation is 2. The molecule has 2 rings (SSSR count). The molecule has 128 valence electrons. The zero-order valence-corrected chi connectivity index (χ0v) is 14.1. The molecule has 1 atom stereocenters. The van der Waals surface area contributed by atoms with Crippen LogP contribution < -0.4 is 5.73 Å². The van der Waals surface area contributed by atoms with Gasteiger partial charge in [-0.1, -0.05) is 12.1 Å². The number of carbonyl (C=O) groups excluding carboxylic acids is 1. The van der Waals surface area contributed by atoms with Gasteiger partial charge >= 0.3 is 5.97 Å². The molecule has 2 aromatic carbocycles. The maximum absolute atomic E-state index is 14.5. The van der Waals surface area contributed by atoms with Crippen molar-refractivity contribution in [3.8, 4) is 16.9 Å². The van der Waals surface area contributed by atoms with Gasteiger partial charge in [0.05, 0.1) is 13.0 Å². The van der Waals surface area contributed by atoms with Crippen LogP contribution in [0.25, 0.3) is 11.1 Å². The van der Waals surface area contributed by atoms with Gasteiger partial charge in [-0.25, -0.2) is 4.39 Å². The number of phenolic OH excluding ortho intramolecular Hbond substituents is 1. The third kappa shape index (κ3) is 3.74. The predicted octanol–water partition coefficient (Wildman–Crippen LogP) is 3.77. The Hall–Kier alpha value is -2.40. The number of hydrogen-bond acceptors (Lipinski definition) is 4. The number of rotatable bonds is 5. The van der Waals surface area contributed by atoms with E-state index in [4.69, 9.17) is 10.5 Å². The molecule has 0 aromatic heterocycles. The van der Waals surface area contributed by atoms with E-state index >= 15 is 0 Å². The van der Waals surface area contributed by atoms with Crippen LogP contribution >= 0.6 is 0 Å². The molecule has 0 spiro atoms. The lowest BCUT2D eigenvalue weighted by atomic mass is 9.92. The van der Waals surface area contributed by atoms with Crippen LogP contribution in [0.15, 0.2) is 30.3 Å². The average Bonchev–Trinajstić information content (AvgIpc) is 2.50. The molecule has 2 aromatic rings. The molecule has 0 aliphatic rings. The first kappa shape index (κ1) is 17.9. The molecule has 5 heteroatoms. The van der Waals surface area contributed by atoms with Gasteiger partial charge in [-0.3, -0.25) is 4.79 Å². The summed E-state index contributed by atoms with van der Waals surface area (Å²) in [6.07, 6.45) is -0.104. The van der Waals surface area contributed by atoms with Crippen LogP contribution in [0.4, 0.5) is 4.39 Å². The monoisotopic (exact) mass is 331 g/mol. The number of halogens is 1. The molecule has 0 heterocycles. The molecular formula is C19H22FNO3. The molecule has 4 nitrogen and oxygen atoms in total. The molecule has 0 saturated heterocycles. The van der Waals surface area contributed by atoms with Crippen molar-refractivity contribution in [1.29, 1.82) is 0 Å². The molecule has 0 fully saturated rings. The van der Waals surface area contributed by atoms with Crippen molar-refractivity contribution >= 4 is 5.97 Å². The molecule has 0 saturated carbocycles. The number of carbonyl (C=O) groups is 1. The number of benzene rings is 2. The normalized spacial score (nSPS) is 12.0. The Bertz CT molecular complexity index is 738. The van der Waals surface area contributed by atoms with Crippen molar-refractivity contribution in [2.75, 3.05) is 6.61 Å². The molecule has 0 aliphatic carbocycles. The van der Waals surface area contributed by atoms with Crippen LogP contribution in [0.3, 0.4) is 0 Å². The zero-order chi connectivity index (χ0) is 17.9. The van der Waals surface area contributed by atoms with E-state index in [1.54, 1.807) is 38.1 Å². The van der Waals surface area contributed by atoms with Gasteiger partial charge in [-0.2, -0.15) is 0 Å². The number of hydrogen-bond donors (Lipinski definition) is 2. The molecule has 0 amide bonds. The number of esters is 1. The van der Waals surface area contributed by atoms with Gasteiger partial charge < -0.3 is 15.6 Å². The van der Waals surface area contributed by atoms with Crippen LogP contribution in [0.2, 0.25) is 0 Å². The SMILES string of the molecule is CCOC(=O)C[C@H](N)c1cc(-c2c(C)cccc2O)cc(C)c1F. The van der Waals surface area contributed by atoms with Crippen molar-refractivity contribution in [2.45, 2.75) is 33.2 Å². The maximum Gasteiger partial charge on any atom is 0.307 e. The summed E-state index contributed by atoms with van der Waals surface area (Å²) in [6.45, 7) is 5.46. The van der Waals surface area contributed by atoms with Crippen molar-refractivity contribution in [1.82, 2.24) is 0 Å². The summed E-state index contributed by atoms with van der Waals surface area (Å²) in [5, 5.41) is 10.2. The van der Waals surface area contributed by atoms with Gasteiger partial charge in [0.25, 0.3) is 0 Å².